The molecule has 1 aromatic carbocycles. The predicted molar refractivity (Wildman–Crippen MR) is 104 cm³/mol. The van der Waals surface area contributed by atoms with Crippen molar-refractivity contribution in [1.82, 2.24) is 9.80 Å². The Labute approximate surface area is 157 Å². The fourth-order valence-corrected chi connectivity index (χ4v) is 4.49. The van der Waals surface area contributed by atoms with Crippen LogP contribution in [0.1, 0.15) is 62.0 Å². The third kappa shape index (κ3) is 5.21. The van der Waals surface area contributed by atoms with Gasteiger partial charge in [-0.05, 0) is 55.8 Å². The lowest BCUT2D eigenvalue weighted by molar-refractivity contribution is -0.132. The number of aryl methyl sites for hydroxylation is 1. The first-order valence-electron chi connectivity index (χ1n) is 9.88. The first-order chi connectivity index (χ1) is 12.1. The van der Waals surface area contributed by atoms with E-state index in [1.54, 1.807) is 0 Å². The second-order valence-corrected chi connectivity index (χ2v) is 8.14. The molecule has 2 fully saturated rings. The number of nitrogens with zero attached hydrogens (tertiary/aromatic N) is 2. The van der Waals surface area contributed by atoms with Gasteiger partial charge < -0.3 is 9.80 Å². The second kappa shape index (κ2) is 9.05. The zero-order valence-electron chi connectivity index (χ0n) is 15.5. The molecule has 1 aliphatic carbocycles. The van der Waals surface area contributed by atoms with Gasteiger partial charge in [0.15, 0.2) is 0 Å². The highest BCUT2D eigenvalue weighted by atomic mass is 35.5. The molecule has 1 heterocycles. The van der Waals surface area contributed by atoms with E-state index in [2.05, 4.69) is 30.1 Å². The molecule has 3 rings (SSSR count). The second-order valence-electron chi connectivity index (χ2n) is 7.73. The van der Waals surface area contributed by atoms with Gasteiger partial charge in [0.1, 0.15) is 0 Å². The van der Waals surface area contributed by atoms with Crippen LogP contribution in [0, 0.1) is 0 Å². The molecular weight excluding hydrogens is 332 g/mol. The number of carbonyl (C=O) groups is 1. The molecular formula is C21H31ClN2O. The first-order valence-corrected chi connectivity index (χ1v) is 10.3. The van der Waals surface area contributed by atoms with Crippen molar-refractivity contribution in [2.75, 3.05) is 33.2 Å². The lowest BCUT2D eigenvalue weighted by Gasteiger charge is -2.32. The Morgan fingerprint density at radius 1 is 1.12 bits per heavy atom. The minimum absolute atomic E-state index is 0.304. The van der Waals surface area contributed by atoms with E-state index in [4.69, 9.17) is 11.6 Å². The van der Waals surface area contributed by atoms with Crippen LogP contribution in [0.25, 0.3) is 0 Å². The number of hydrogen-bond acceptors (Lipinski definition) is 2. The van der Waals surface area contributed by atoms with Crippen molar-refractivity contribution in [3.8, 4) is 0 Å². The Bertz CT molecular complexity index is 575. The number of likely N-dealkylation sites (N-methyl/N-ethyl adjacent to an activating group) is 1. The molecule has 1 saturated heterocycles. The van der Waals surface area contributed by atoms with Crippen LogP contribution in [0.4, 0.5) is 0 Å². The summed E-state index contributed by atoms with van der Waals surface area (Å²) in [4.78, 5) is 16.6. The van der Waals surface area contributed by atoms with E-state index < -0.39 is 0 Å². The third-order valence-corrected chi connectivity index (χ3v) is 6.15. The predicted octanol–water partition coefficient (Wildman–Crippen LogP) is 4.48. The fourth-order valence-electron chi connectivity index (χ4n) is 4.13. The lowest BCUT2D eigenvalue weighted by atomic mass is 9.83. The molecule has 0 unspecified atom stereocenters. The zero-order valence-corrected chi connectivity index (χ0v) is 16.2. The van der Waals surface area contributed by atoms with E-state index in [0.29, 0.717) is 18.2 Å². The summed E-state index contributed by atoms with van der Waals surface area (Å²) in [6.45, 7) is 3.72. The summed E-state index contributed by atoms with van der Waals surface area (Å²) in [6, 6.07) is 6.58. The number of rotatable bonds is 5. The molecule has 0 aromatic heterocycles. The Hall–Kier alpha value is -1.06. The summed E-state index contributed by atoms with van der Waals surface area (Å²) in [5.74, 6) is 0.951. The van der Waals surface area contributed by atoms with Crippen LogP contribution < -0.4 is 0 Å². The number of hydrogen-bond donors (Lipinski definition) is 0. The molecule has 0 atom stereocenters. The number of halogens is 1. The fraction of sp³-hybridized carbons (Fsp3) is 0.667. The smallest absolute Gasteiger partial charge is 0.222 e. The van der Waals surface area contributed by atoms with Gasteiger partial charge in [0.25, 0.3) is 0 Å². The van der Waals surface area contributed by atoms with Gasteiger partial charge in [-0.3, -0.25) is 4.79 Å². The van der Waals surface area contributed by atoms with Gasteiger partial charge in [0, 0.05) is 37.6 Å². The number of carbonyl (C=O) groups excluding carboxylic acids is 1. The van der Waals surface area contributed by atoms with Gasteiger partial charge in [0.2, 0.25) is 5.91 Å². The first kappa shape index (κ1) is 18.7. The van der Waals surface area contributed by atoms with Crippen molar-refractivity contribution >= 4 is 17.5 Å². The van der Waals surface area contributed by atoms with Crippen LogP contribution in [-0.2, 0) is 11.2 Å². The zero-order chi connectivity index (χ0) is 17.6. The van der Waals surface area contributed by atoms with Crippen molar-refractivity contribution in [3.05, 3.63) is 34.3 Å². The van der Waals surface area contributed by atoms with Crippen LogP contribution in [0.2, 0.25) is 5.02 Å². The largest absolute Gasteiger partial charge is 0.340 e. The van der Waals surface area contributed by atoms with Crippen LogP contribution in [0.5, 0.6) is 0 Å². The summed E-state index contributed by atoms with van der Waals surface area (Å²) in [5, 5.41) is 0.926. The van der Waals surface area contributed by atoms with E-state index in [1.165, 1.54) is 43.2 Å². The average Bonchev–Trinajstić information content (AvgIpc) is 2.63. The van der Waals surface area contributed by atoms with Crippen molar-refractivity contribution < 1.29 is 4.79 Å². The van der Waals surface area contributed by atoms with Crippen molar-refractivity contribution in [2.45, 2.75) is 57.3 Å². The summed E-state index contributed by atoms with van der Waals surface area (Å²) >= 11 is 6.56. The standard InChI is InChI=1S/C21H31ClN2O/c1-23-12-14-24(15-13-23)21(25)9-5-6-17-10-11-19(20(22)16-17)18-7-3-2-4-8-18/h10-11,16,18H,2-9,12-15H2,1H3. The van der Waals surface area contributed by atoms with Gasteiger partial charge in [-0.25, -0.2) is 0 Å². The van der Waals surface area contributed by atoms with Crippen LogP contribution in [0.3, 0.4) is 0 Å². The van der Waals surface area contributed by atoms with Gasteiger partial charge >= 0.3 is 0 Å². The Morgan fingerprint density at radius 3 is 2.52 bits per heavy atom. The van der Waals surface area contributed by atoms with E-state index in [0.717, 1.165) is 44.0 Å². The lowest BCUT2D eigenvalue weighted by Crippen LogP contribution is -2.47. The molecule has 138 valence electrons. The summed E-state index contributed by atoms with van der Waals surface area (Å²) < 4.78 is 0. The van der Waals surface area contributed by atoms with Gasteiger partial charge in [-0.2, -0.15) is 0 Å². The molecule has 2 aliphatic rings. The Kier molecular flexibility index (Phi) is 6.77. The van der Waals surface area contributed by atoms with E-state index in [9.17, 15) is 4.79 Å². The maximum atomic E-state index is 12.3. The summed E-state index contributed by atoms with van der Waals surface area (Å²) in [7, 11) is 2.11. The quantitative estimate of drug-likeness (QED) is 0.770. The number of amides is 1. The molecule has 1 aliphatic heterocycles. The van der Waals surface area contributed by atoms with Crippen LogP contribution in [0.15, 0.2) is 18.2 Å². The van der Waals surface area contributed by atoms with E-state index in [-0.39, 0.29) is 0 Å². The van der Waals surface area contributed by atoms with Crippen LogP contribution in [-0.4, -0.2) is 48.9 Å². The maximum absolute atomic E-state index is 12.3. The highest BCUT2D eigenvalue weighted by Gasteiger charge is 2.19. The Balaban J connectivity index is 1.46. The van der Waals surface area contributed by atoms with Gasteiger partial charge in [-0.15, -0.1) is 0 Å². The molecule has 0 N–H and O–H groups in total. The highest BCUT2D eigenvalue weighted by Crippen LogP contribution is 2.36. The SMILES string of the molecule is CN1CCN(C(=O)CCCc2ccc(C3CCCCC3)c(Cl)c2)CC1. The number of benzene rings is 1. The van der Waals surface area contributed by atoms with Gasteiger partial charge in [0.05, 0.1) is 0 Å². The molecule has 3 nitrogen and oxygen atoms in total. The number of piperazine rings is 1. The summed E-state index contributed by atoms with van der Waals surface area (Å²) in [6.07, 6.45) is 9.07. The van der Waals surface area contributed by atoms with Gasteiger partial charge in [-0.1, -0.05) is 43.0 Å². The van der Waals surface area contributed by atoms with Crippen molar-refractivity contribution in [3.63, 3.8) is 0 Å². The Morgan fingerprint density at radius 2 is 1.84 bits per heavy atom. The topological polar surface area (TPSA) is 23.6 Å². The highest BCUT2D eigenvalue weighted by molar-refractivity contribution is 6.31. The third-order valence-electron chi connectivity index (χ3n) is 5.82. The van der Waals surface area contributed by atoms with E-state index in [1.807, 2.05) is 4.90 Å². The molecule has 4 heteroatoms. The monoisotopic (exact) mass is 362 g/mol. The van der Waals surface area contributed by atoms with Crippen LogP contribution >= 0.6 is 11.6 Å². The minimum Gasteiger partial charge on any atom is -0.340 e. The normalized spacial score (nSPS) is 20.0. The molecule has 1 saturated carbocycles. The maximum Gasteiger partial charge on any atom is 0.222 e. The average molecular weight is 363 g/mol. The summed E-state index contributed by atoms with van der Waals surface area (Å²) in [5.41, 5.74) is 2.59. The van der Waals surface area contributed by atoms with Crippen molar-refractivity contribution in [2.24, 2.45) is 0 Å². The van der Waals surface area contributed by atoms with Crippen molar-refractivity contribution in [1.29, 1.82) is 0 Å². The molecule has 0 bridgehead atoms. The molecule has 0 spiro atoms. The molecule has 1 aromatic rings. The molecule has 0 radical (unpaired) electrons. The minimum atomic E-state index is 0.304. The molecule has 1 amide bonds. The molecule has 25 heavy (non-hydrogen) atoms. The van der Waals surface area contributed by atoms with E-state index >= 15 is 0 Å².